The van der Waals surface area contributed by atoms with Gasteiger partial charge in [-0.25, -0.2) is 16.8 Å². The van der Waals surface area contributed by atoms with Crippen LogP contribution in [0, 0.1) is 0 Å². The zero-order valence-electron chi connectivity index (χ0n) is 19.5. The van der Waals surface area contributed by atoms with E-state index in [-0.39, 0.29) is 33.1 Å². The van der Waals surface area contributed by atoms with Crippen LogP contribution in [-0.4, -0.2) is 60.4 Å². The van der Waals surface area contributed by atoms with Crippen molar-refractivity contribution in [2.24, 2.45) is 0 Å². The summed E-state index contributed by atoms with van der Waals surface area (Å²) in [5.74, 6) is -2.08. The number of carbonyl (C=O) groups excluding carboxylic acids is 1. The smallest absolute Gasteiger partial charge is 0.744 e. The minimum Gasteiger partial charge on any atom is -0.744 e. The maximum Gasteiger partial charge on any atom is 2.00 e. The van der Waals surface area contributed by atoms with Gasteiger partial charge in [0.25, 0.3) is 0 Å². The van der Waals surface area contributed by atoms with Crippen LogP contribution < -0.4 is 5.11 Å². The van der Waals surface area contributed by atoms with Crippen LogP contribution in [0.15, 0.2) is 28.0 Å². The molecule has 0 spiro atoms. The van der Waals surface area contributed by atoms with Crippen molar-refractivity contribution in [3.63, 3.8) is 0 Å². The van der Waals surface area contributed by atoms with Gasteiger partial charge in [0.1, 0.15) is 10.1 Å². The van der Waals surface area contributed by atoms with Gasteiger partial charge in [-0.2, -0.15) is 0 Å². The van der Waals surface area contributed by atoms with Crippen molar-refractivity contribution in [3.8, 4) is 0 Å². The van der Waals surface area contributed by atoms with Crippen LogP contribution in [0.4, 0.5) is 0 Å². The molecule has 0 atom stereocenters. The molecular formula is C23H36O7PbS2. The van der Waals surface area contributed by atoms with Crippen molar-refractivity contribution in [1.29, 1.82) is 0 Å². The Morgan fingerprint density at radius 2 is 1.18 bits per heavy atom. The molecule has 33 heavy (non-hydrogen) atoms. The standard InChI is InChI=1S/C23H38O7S2.Pb/c1-2-3-4-5-6-7-8-9-10-11-12-13-14-15-18-31(26,27)22-17-16-20(32(28,29)30)19-21(22)23(24)25;/h16-17,19H,2-15,18H2,1H3,(H,24,25)(H,28,29,30);/q;+2/p-2. The third-order valence-corrected chi connectivity index (χ3v) is 8.24. The molecular weight excluding hydrogens is 660 g/mol. The zero-order valence-corrected chi connectivity index (χ0v) is 25.0. The van der Waals surface area contributed by atoms with Gasteiger partial charge in [0.05, 0.1) is 21.5 Å². The minimum atomic E-state index is -4.90. The number of hydrogen-bond acceptors (Lipinski definition) is 7. The summed E-state index contributed by atoms with van der Waals surface area (Å²) in [5, 5.41) is 11.3. The fourth-order valence-corrected chi connectivity index (χ4v) is 5.75. The summed E-state index contributed by atoms with van der Waals surface area (Å²) >= 11 is 0. The van der Waals surface area contributed by atoms with Gasteiger partial charge in [-0.1, -0.05) is 90.4 Å². The zero-order chi connectivity index (χ0) is 24.0. The normalized spacial score (nSPS) is 11.8. The van der Waals surface area contributed by atoms with Gasteiger partial charge >= 0.3 is 27.3 Å². The van der Waals surface area contributed by atoms with E-state index in [0.717, 1.165) is 31.4 Å². The predicted octanol–water partition coefficient (Wildman–Crippen LogP) is 3.83. The second-order valence-corrected chi connectivity index (χ2v) is 11.8. The first-order chi connectivity index (χ1) is 15.1. The summed E-state index contributed by atoms with van der Waals surface area (Å²) in [6.07, 6.45) is 15.8. The summed E-state index contributed by atoms with van der Waals surface area (Å²) < 4.78 is 58.2. The van der Waals surface area contributed by atoms with E-state index in [2.05, 4.69) is 6.92 Å². The first-order valence-electron chi connectivity index (χ1n) is 11.6. The minimum absolute atomic E-state index is 0. The molecule has 10 heteroatoms. The summed E-state index contributed by atoms with van der Waals surface area (Å²) in [5.41, 5.74) is -0.799. The fourth-order valence-electron chi connectivity index (χ4n) is 3.69. The molecule has 0 aliphatic rings. The molecule has 0 bridgehead atoms. The molecule has 0 N–H and O–H groups in total. The summed E-state index contributed by atoms with van der Waals surface area (Å²) in [6.45, 7) is 2.22. The molecule has 0 saturated heterocycles. The van der Waals surface area contributed by atoms with Crippen LogP contribution in [0.3, 0.4) is 0 Å². The molecule has 1 aromatic carbocycles. The Morgan fingerprint density at radius 3 is 1.58 bits per heavy atom. The maximum absolute atomic E-state index is 12.5. The summed E-state index contributed by atoms with van der Waals surface area (Å²) in [6, 6.07) is 2.22. The Morgan fingerprint density at radius 1 is 0.758 bits per heavy atom. The van der Waals surface area contributed by atoms with Gasteiger partial charge in [0.15, 0.2) is 9.84 Å². The van der Waals surface area contributed by atoms with E-state index in [9.17, 15) is 31.3 Å². The third-order valence-electron chi connectivity index (χ3n) is 5.56. The van der Waals surface area contributed by atoms with Gasteiger partial charge in [0.2, 0.25) is 0 Å². The molecule has 1 rings (SSSR count). The number of unbranched alkanes of at least 4 members (excludes halogenated alkanes) is 13. The SMILES string of the molecule is CCCCCCCCCCCCCCCCS(=O)(=O)c1ccc(S(=O)(=O)[O-])cc1C(=O)[O-].[Pb+2]. The van der Waals surface area contributed by atoms with E-state index in [4.69, 9.17) is 0 Å². The molecule has 7 nitrogen and oxygen atoms in total. The number of hydrogen-bond donors (Lipinski definition) is 0. The Kier molecular flexibility index (Phi) is 16.7. The molecule has 186 valence electrons. The van der Waals surface area contributed by atoms with E-state index < -0.39 is 41.3 Å². The second kappa shape index (κ2) is 17.0. The topological polar surface area (TPSA) is 131 Å². The molecule has 0 amide bonds. The van der Waals surface area contributed by atoms with E-state index in [0.29, 0.717) is 18.9 Å². The molecule has 0 aliphatic heterocycles. The quantitative estimate of drug-likeness (QED) is 0.130. The number of carboxylic acids is 1. The van der Waals surface area contributed by atoms with E-state index >= 15 is 0 Å². The van der Waals surface area contributed by atoms with Crippen molar-refractivity contribution in [2.45, 2.75) is 107 Å². The Bertz CT molecular complexity index is 913. The molecule has 0 saturated carbocycles. The van der Waals surface area contributed by atoms with Crippen LogP contribution in [0.2, 0.25) is 0 Å². The Labute approximate surface area is 219 Å². The van der Waals surface area contributed by atoms with E-state index in [1.165, 1.54) is 57.8 Å². The number of rotatable bonds is 18. The fraction of sp³-hybridized carbons (Fsp3) is 0.696. The second-order valence-electron chi connectivity index (χ2n) is 8.31. The van der Waals surface area contributed by atoms with E-state index in [1.54, 1.807) is 0 Å². The average Bonchev–Trinajstić information content (AvgIpc) is 2.72. The summed E-state index contributed by atoms with van der Waals surface area (Å²) in [7, 11) is -8.83. The predicted molar refractivity (Wildman–Crippen MR) is 127 cm³/mol. The Balaban J connectivity index is 0.0000102. The number of carbonyl (C=O) groups is 1. The van der Waals surface area contributed by atoms with Gasteiger partial charge in [0, 0.05) is 5.56 Å². The third kappa shape index (κ3) is 13.2. The van der Waals surface area contributed by atoms with Crippen molar-refractivity contribution in [3.05, 3.63) is 23.8 Å². The van der Waals surface area contributed by atoms with Crippen molar-refractivity contribution < 1.29 is 31.3 Å². The Hall–Kier alpha value is -0.528. The van der Waals surface area contributed by atoms with Crippen LogP contribution in [-0.2, 0) is 20.0 Å². The van der Waals surface area contributed by atoms with E-state index in [1.807, 2.05) is 0 Å². The van der Waals surface area contributed by atoms with Crippen molar-refractivity contribution in [2.75, 3.05) is 5.75 Å². The van der Waals surface area contributed by atoms with Gasteiger partial charge in [-0.3, -0.25) is 0 Å². The number of carboxylic acid groups (broad SMARTS) is 1. The maximum atomic E-state index is 12.5. The van der Waals surface area contributed by atoms with Crippen LogP contribution in [0.1, 0.15) is 107 Å². The van der Waals surface area contributed by atoms with Crippen molar-refractivity contribution >= 4 is 53.2 Å². The van der Waals surface area contributed by atoms with Crippen LogP contribution in [0.25, 0.3) is 0 Å². The molecule has 0 unspecified atom stereocenters. The monoisotopic (exact) mass is 696 g/mol. The van der Waals surface area contributed by atoms with Gasteiger partial charge in [-0.05, 0) is 24.6 Å². The van der Waals surface area contributed by atoms with Gasteiger partial charge in [-0.15, -0.1) is 0 Å². The molecule has 0 heterocycles. The molecule has 0 fully saturated rings. The van der Waals surface area contributed by atoms with Gasteiger partial charge < -0.3 is 14.5 Å². The largest absolute Gasteiger partial charge is 2.00 e. The number of benzene rings is 1. The molecule has 0 aromatic heterocycles. The molecule has 1 aromatic rings. The van der Waals surface area contributed by atoms with Crippen molar-refractivity contribution in [1.82, 2.24) is 0 Å². The average molecular weight is 696 g/mol. The number of aromatic carboxylic acids is 1. The molecule has 0 aliphatic carbocycles. The first-order valence-corrected chi connectivity index (χ1v) is 14.7. The number of sulfone groups is 1. The van der Waals surface area contributed by atoms with Crippen LogP contribution >= 0.6 is 0 Å². The first kappa shape index (κ1) is 32.5. The van der Waals surface area contributed by atoms with Crippen LogP contribution in [0.5, 0.6) is 0 Å². The summed E-state index contributed by atoms with van der Waals surface area (Å²) in [4.78, 5) is 9.96. The molecule has 2 radical (unpaired) electrons.